The van der Waals surface area contributed by atoms with Crippen molar-refractivity contribution < 1.29 is 4.74 Å². The smallest absolute Gasteiger partial charge is 0.125 e. The maximum absolute atomic E-state index is 6.10. The van der Waals surface area contributed by atoms with Gasteiger partial charge in [-0.05, 0) is 45.4 Å². The molecule has 0 aliphatic heterocycles. The van der Waals surface area contributed by atoms with Gasteiger partial charge in [0.25, 0.3) is 0 Å². The first-order chi connectivity index (χ1) is 8.97. The van der Waals surface area contributed by atoms with E-state index in [4.69, 9.17) is 10.5 Å². The minimum Gasteiger partial charge on any atom is -0.496 e. The topological polar surface area (TPSA) is 53.1 Å². The van der Waals surface area contributed by atoms with E-state index in [2.05, 4.69) is 18.9 Å². The molecule has 19 heavy (non-hydrogen) atoms. The predicted octanol–water partition coefficient (Wildman–Crippen LogP) is 2.83. The van der Waals surface area contributed by atoms with Gasteiger partial charge in [-0.15, -0.1) is 0 Å². The second-order valence-corrected chi connectivity index (χ2v) is 4.89. The molecule has 0 saturated carbocycles. The van der Waals surface area contributed by atoms with Crippen LogP contribution in [-0.2, 0) is 0 Å². The molecule has 2 aromatic rings. The molecule has 1 heterocycles. The Kier molecular flexibility index (Phi) is 3.62. The number of rotatable bonds is 3. The van der Waals surface area contributed by atoms with Gasteiger partial charge in [-0.1, -0.05) is 6.07 Å². The Labute approximate surface area is 114 Å². The molecule has 0 fully saturated rings. The van der Waals surface area contributed by atoms with Crippen LogP contribution in [0.25, 0.3) is 5.69 Å². The highest BCUT2D eigenvalue weighted by Gasteiger charge is 2.17. The molecule has 2 N–H and O–H groups in total. The molecule has 1 atom stereocenters. The third-order valence-electron chi connectivity index (χ3n) is 3.60. The van der Waals surface area contributed by atoms with Gasteiger partial charge in [-0.3, -0.25) is 0 Å². The first kappa shape index (κ1) is 13.6. The van der Waals surface area contributed by atoms with E-state index in [1.807, 2.05) is 36.7 Å². The lowest BCUT2D eigenvalue weighted by molar-refractivity contribution is 0.406. The van der Waals surface area contributed by atoms with Crippen molar-refractivity contribution in [1.29, 1.82) is 0 Å². The molecule has 102 valence electrons. The Morgan fingerprint density at radius 2 is 1.95 bits per heavy atom. The summed E-state index contributed by atoms with van der Waals surface area (Å²) in [4.78, 5) is 0. The van der Waals surface area contributed by atoms with Crippen LogP contribution in [0.4, 0.5) is 0 Å². The van der Waals surface area contributed by atoms with E-state index in [0.717, 1.165) is 28.4 Å². The molecule has 2 rings (SSSR count). The van der Waals surface area contributed by atoms with Gasteiger partial charge in [0.15, 0.2) is 0 Å². The number of benzene rings is 1. The molecular weight excluding hydrogens is 238 g/mol. The van der Waals surface area contributed by atoms with E-state index in [9.17, 15) is 0 Å². The zero-order valence-corrected chi connectivity index (χ0v) is 12.2. The first-order valence-corrected chi connectivity index (χ1v) is 6.43. The summed E-state index contributed by atoms with van der Waals surface area (Å²) in [6, 6.07) is 5.81. The van der Waals surface area contributed by atoms with Gasteiger partial charge in [0.1, 0.15) is 5.75 Å². The predicted molar refractivity (Wildman–Crippen MR) is 76.9 cm³/mol. The van der Waals surface area contributed by atoms with Crippen molar-refractivity contribution in [2.45, 2.75) is 33.7 Å². The van der Waals surface area contributed by atoms with Crippen molar-refractivity contribution in [3.63, 3.8) is 0 Å². The summed E-state index contributed by atoms with van der Waals surface area (Å²) in [6.45, 7) is 8.13. The van der Waals surface area contributed by atoms with Crippen molar-refractivity contribution in [1.82, 2.24) is 9.78 Å². The summed E-state index contributed by atoms with van der Waals surface area (Å²) >= 11 is 0. The minimum atomic E-state index is -0.115. The van der Waals surface area contributed by atoms with Crippen LogP contribution in [-0.4, -0.2) is 16.9 Å². The normalized spacial score (nSPS) is 12.5. The van der Waals surface area contributed by atoms with Gasteiger partial charge in [0.2, 0.25) is 0 Å². The van der Waals surface area contributed by atoms with Gasteiger partial charge in [0.05, 0.1) is 18.5 Å². The number of aromatic nitrogens is 2. The molecule has 4 nitrogen and oxygen atoms in total. The molecular formula is C15H21N3O. The molecule has 0 unspecified atom stereocenters. The SMILES string of the molecule is COc1cccc(-n2nc(C)c(C)c2C)c1[C@@H](C)N. The van der Waals surface area contributed by atoms with Gasteiger partial charge >= 0.3 is 0 Å². The number of ether oxygens (including phenoxy) is 1. The van der Waals surface area contributed by atoms with Crippen molar-refractivity contribution in [3.8, 4) is 11.4 Å². The fourth-order valence-corrected chi connectivity index (χ4v) is 2.31. The lowest BCUT2D eigenvalue weighted by atomic mass is 10.1. The fourth-order valence-electron chi connectivity index (χ4n) is 2.31. The van der Waals surface area contributed by atoms with E-state index in [1.165, 1.54) is 5.56 Å². The number of hydrogen-bond donors (Lipinski definition) is 1. The molecule has 0 radical (unpaired) electrons. The van der Waals surface area contributed by atoms with Crippen molar-refractivity contribution in [2.24, 2.45) is 5.73 Å². The van der Waals surface area contributed by atoms with Gasteiger partial charge in [-0.25, -0.2) is 4.68 Å². The van der Waals surface area contributed by atoms with E-state index < -0.39 is 0 Å². The number of hydrogen-bond acceptors (Lipinski definition) is 3. The zero-order chi connectivity index (χ0) is 14.2. The molecule has 0 saturated heterocycles. The second-order valence-electron chi connectivity index (χ2n) is 4.89. The van der Waals surface area contributed by atoms with Crippen LogP contribution in [0, 0.1) is 20.8 Å². The Morgan fingerprint density at radius 3 is 2.42 bits per heavy atom. The fraction of sp³-hybridized carbons (Fsp3) is 0.400. The largest absolute Gasteiger partial charge is 0.496 e. The number of aryl methyl sites for hydroxylation is 1. The maximum atomic E-state index is 6.10. The Hall–Kier alpha value is -1.81. The van der Waals surface area contributed by atoms with Crippen LogP contribution >= 0.6 is 0 Å². The summed E-state index contributed by atoms with van der Waals surface area (Å²) < 4.78 is 7.37. The van der Waals surface area contributed by atoms with Gasteiger partial charge in [-0.2, -0.15) is 5.10 Å². The van der Waals surface area contributed by atoms with Crippen LogP contribution in [0.15, 0.2) is 18.2 Å². The van der Waals surface area contributed by atoms with Crippen LogP contribution in [0.1, 0.15) is 35.5 Å². The summed E-state index contributed by atoms with van der Waals surface area (Å²) in [5, 5.41) is 4.60. The molecule has 0 aliphatic rings. The summed E-state index contributed by atoms with van der Waals surface area (Å²) in [5.74, 6) is 0.803. The number of nitrogens with two attached hydrogens (primary N) is 1. The van der Waals surface area contributed by atoms with Crippen LogP contribution < -0.4 is 10.5 Å². The molecule has 1 aromatic carbocycles. The van der Waals surface area contributed by atoms with Crippen molar-refractivity contribution in [2.75, 3.05) is 7.11 Å². The van der Waals surface area contributed by atoms with Crippen LogP contribution in [0.2, 0.25) is 0 Å². The average molecular weight is 259 g/mol. The second kappa shape index (κ2) is 5.05. The van der Waals surface area contributed by atoms with Gasteiger partial charge in [0, 0.05) is 17.3 Å². The monoisotopic (exact) mass is 259 g/mol. The number of nitrogens with zero attached hydrogens (tertiary/aromatic N) is 2. The minimum absolute atomic E-state index is 0.115. The van der Waals surface area contributed by atoms with Gasteiger partial charge < -0.3 is 10.5 Å². The average Bonchev–Trinajstić information content (AvgIpc) is 2.65. The lowest BCUT2D eigenvalue weighted by Crippen LogP contribution is -2.13. The Balaban J connectivity index is 2.71. The quantitative estimate of drug-likeness (QED) is 0.922. The standard InChI is InChI=1S/C15H21N3O/c1-9-11(3)17-18(12(9)4)13-7-6-8-14(19-5)15(13)10(2)16/h6-8,10H,16H2,1-5H3/t10-/m1/s1. The van der Waals surface area contributed by atoms with E-state index in [-0.39, 0.29) is 6.04 Å². The van der Waals surface area contributed by atoms with E-state index in [1.54, 1.807) is 7.11 Å². The van der Waals surface area contributed by atoms with Crippen molar-refractivity contribution >= 4 is 0 Å². The highest BCUT2D eigenvalue weighted by Crippen LogP contribution is 2.31. The molecule has 0 bridgehead atoms. The van der Waals surface area contributed by atoms with Crippen molar-refractivity contribution in [3.05, 3.63) is 40.7 Å². The first-order valence-electron chi connectivity index (χ1n) is 6.43. The third-order valence-corrected chi connectivity index (χ3v) is 3.60. The Morgan fingerprint density at radius 1 is 1.26 bits per heavy atom. The molecule has 0 aliphatic carbocycles. The molecule has 1 aromatic heterocycles. The summed E-state index contributed by atoms with van der Waals surface area (Å²) in [7, 11) is 1.66. The molecule has 0 amide bonds. The maximum Gasteiger partial charge on any atom is 0.125 e. The summed E-state index contributed by atoms with van der Waals surface area (Å²) in [6.07, 6.45) is 0. The van der Waals surface area contributed by atoms with E-state index >= 15 is 0 Å². The highest BCUT2D eigenvalue weighted by molar-refractivity contribution is 5.52. The third kappa shape index (κ3) is 2.24. The molecule has 4 heteroatoms. The van der Waals surface area contributed by atoms with E-state index in [0.29, 0.717) is 0 Å². The zero-order valence-electron chi connectivity index (χ0n) is 12.2. The summed E-state index contributed by atoms with van der Waals surface area (Å²) in [5.41, 5.74) is 11.4. The highest BCUT2D eigenvalue weighted by atomic mass is 16.5. The Bertz CT molecular complexity index is 600. The van der Waals surface area contributed by atoms with Crippen LogP contribution in [0.3, 0.4) is 0 Å². The lowest BCUT2D eigenvalue weighted by Gasteiger charge is -2.17. The van der Waals surface area contributed by atoms with Crippen LogP contribution in [0.5, 0.6) is 5.75 Å². The molecule has 0 spiro atoms. The number of methoxy groups -OCH3 is 1.